The largest absolute Gasteiger partial charge is 0.366 e. The molecule has 0 atom stereocenters. The number of hydrogen-bond donors (Lipinski definition) is 0. The van der Waals surface area contributed by atoms with Crippen molar-refractivity contribution >= 4 is 0 Å². The van der Waals surface area contributed by atoms with E-state index in [2.05, 4.69) is 53.4 Å². The third-order valence-corrected chi connectivity index (χ3v) is 1.91. The van der Waals surface area contributed by atoms with Crippen molar-refractivity contribution in [3.63, 3.8) is 0 Å². The molecule has 1 rings (SSSR count). The highest BCUT2D eigenvalue weighted by molar-refractivity contribution is 4.75. The molecule has 0 amide bonds. The van der Waals surface area contributed by atoms with Crippen LogP contribution in [0.15, 0.2) is 0 Å². The van der Waals surface area contributed by atoms with E-state index in [4.69, 9.17) is 4.74 Å². The van der Waals surface area contributed by atoms with Crippen LogP contribution in [0, 0.1) is 5.41 Å². The highest BCUT2D eigenvalue weighted by Gasteiger charge is 2.22. The Kier molecular flexibility index (Phi) is 5.82. The van der Waals surface area contributed by atoms with Crippen molar-refractivity contribution in [2.45, 2.75) is 60.4 Å². The molecule has 0 aliphatic carbocycles. The van der Waals surface area contributed by atoms with Crippen LogP contribution in [-0.2, 0) is 4.74 Å². The van der Waals surface area contributed by atoms with Gasteiger partial charge in [-0.3, -0.25) is 4.90 Å². The maximum absolute atomic E-state index is 5.33. The van der Waals surface area contributed by atoms with Crippen LogP contribution in [0.25, 0.3) is 0 Å². The molecule has 0 N–H and O–H groups in total. The Bertz CT molecular complexity index is 152. The fraction of sp³-hybridized carbons (Fsp3) is 1.00. The first-order valence-corrected chi connectivity index (χ1v) is 5.93. The lowest BCUT2D eigenvalue weighted by molar-refractivity contribution is -0.0560. The zero-order valence-electron chi connectivity index (χ0n) is 11.7. The van der Waals surface area contributed by atoms with Gasteiger partial charge in [-0.2, -0.15) is 0 Å². The Morgan fingerprint density at radius 2 is 1.40 bits per heavy atom. The second-order valence-electron chi connectivity index (χ2n) is 6.83. The zero-order valence-corrected chi connectivity index (χ0v) is 11.7. The highest BCUT2D eigenvalue weighted by atomic mass is 16.5. The SMILES string of the molecule is CC(C)(C)C.CC(C)(C)N1CCCOC1. The first kappa shape index (κ1) is 14.9. The summed E-state index contributed by atoms with van der Waals surface area (Å²) < 4.78 is 5.33. The summed E-state index contributed by atoms with van der Waals surface area (Å²) in [5.74, 6) is 0. The Morgan fingerprint density at radius 1 is 0.933 bits per heavy atom. The Labute approximate surface area is 96.0 Å². The predicted molar refractivity (Wildman–Crippen MR) is 67.0 cm³/mol. The van der Waals surface area contributed by atoms with E-state index in [9.17, 15) is 0 Å². The van der Waals surface area contributed by atoms with Crippen LogP contribution in [0.2, 0.25) is 0 Å². The molecule has 0 spiro atoms. The minimum Gasteiger partial charge on any atom is -0.366 e. The van der Waals surface area contributed by atoms with Gasteiger partial charge in [-0.15, -0.1) is 0 Å². The summed E-state index contributed by atoms with van der Waals surface area (Å²) >= 11 is 0. The molecular formula is C13H29NO. The number of hydrogen-bond acceptors (Lipinski definition) is 2. The van der Waals surface area contributed by atoms with Gasteiger partial charge in [0.25, 0.3) is 0 Å². The first-order chi connectivity index (χ1) is 6.61. The van der Waals surface area contributed by atoms with Crippen molar-refractivity contribution in [2.75, 3.05) is 19.9 Å². The van der Waals surface area contributed by atoms with E-state index >= 15 is 0 Å². The van der Waals surface area contributed by atoms with Gasteiger partial charge < -0.3 is 4.74 Å². The molecule has 0 aromatic rings. The minimum atomic E-state index is 0.278. The lowest BCUT2D eigenvalue weighted by Gasteiger charge is -2.37. The van der Waals surface area contributed by atoms with Gasteiger partial charge in [0.2, 0.25) is 0 Å². The van der Waals surface area contributed by atoms with Crippen LogP contribution in [0.1, 0.15) is 54.9 Å². The molecule has 0 aromatic carbocycles. The van der Waals surface area contributed by atoms with Gasteiger partial charge in [0.05, 0.1) is 6.73 Å². The maximum Gasteiger partial charge on any atom is 0.0994 e. The average molecular weight is 215 g/mol. The molecule has 1 fully saturated rings. The van der Waals surface area contributed by atoms with E-state index in [1.54, 1.807) is 0 Å². The smallest absolute Gasteiger partial charge is 0.0994 e. The lowest BCUT2D eigenvalue weighted by Crippen LogP contribution is -2.46. The van der Waals surface area contributed by atoms with Gasteiger partial charge >= 0.3 is 0 Å². The number of rotatable bonds is 0. The topological polar surface area (TPSA) is 12.5 Å². The van der Waals surface area contributed by atoms with Gasteiger partial charge in [-0.25, -0.2) is 0 Å². The molecule has 1 saturated heterocycles. The van der Waals surface area contributed by atoms with Crippen molar-refractivity contribution in [1.29, 1.82) is 0 Å². The summed E-state index contributed by atoms with van der Waals surface area (Å²) in [6.45, 7) is 18.4. The monoisotopic (exact) mass is 215 g/mol. The second-order valence-corrected chi connectivity index (χ2v) is 6.83. The Hall–Kier alpha value is -0.0800. The molecule has 0 bridgehead atoms. The summed E-state index contributed by atoms with van der Waals surface area (Å²) in [4.78, 5) is 2.36. The molecule has 92 valence electrons. The predicted octanol–water partition coefficient (Wildman–Crippen LogP) is 3.52. The lowest BCUT2D eigenvalue weighted by atomic mass is 10.0. The molecule has 15 heavy (non-hydrogen) atoms. The third kappa shape index (κ3) is 10.2. The first-order valence-electron chi connectivity index (χ1n) is 5.93. The third-order valence-electron chi connectivity index (χ3n) is 1.91. The molecule has 2 heteroatoms. The molecular weight excluding hydrogens is 186 g/mol. The van der Waals surface area contributed by atoms with Gasteiger partial charge in [0, 0.05) is 18.7 Å². The van der Waals surface area contributed by atoms with Crippen LogP contribution in [0.4, 0.5) is 0 Å². The van der Waals surface area contributed by atoms with E-state index in [1.807, 2.05) is 0 Å². The Morgan fingerprint density at radius 3 is 1.60 bits per heavy atom. The summed E-state index contributed by atoms with van der Waals surface area (Å²) in [6.07, 6.45) is 1.18. The van der Waals surface area contributed by atoms with E-state index in [0.717, 1.165) is 13.3 Å². The summed E-state index contributed by atoms with van der Waals surface area (Å²) in [7, 11) is 0. The van der Waals surface area contributed by atoms with Crippen molar-refractivity contribution < 1.29 is 4.74 Å². The van der Waals surface area contributed by atoms with Crippen molar-refractivity contribution in [3.8, 4) is 0 Å². The van der Waals surface area contributed by atoms with E-state index in [-0.39, 0.29) is 5.54 Å². The summed E-state index contributed by atoms with van der Waals surface area (Å²) in [6, 6.07) is 0. The standard InChI is InChI=1S/C8H17NO.C5H12/c1-8(2,3)9-5-4-6-10-7-9;1-5(2,3)4/h4-7H2,1-3H3;1-4H3. The Balaban J connectivity index is 0.000000336. The van der Waals surface area contributed by atoms with Gasteiger partial charge in [0.15, 0.2) is 0 Å². The number of ether oxygens (including phenoxy) is 1. The molecule has 0 unspecified atom stereocenters. The average Bonchev–Trinajstić information content (AvgIpc) is 2.01. The molecule has 1 aliphatic heterocycles. The van der Waals surface area contributed by atoms with Gasteiger partial charge in [-0.05, 0) is 32.6 Å². The van der Waals surface area contributed by atoms with Crippen molar-refractivity contribution in [1.82, 2.24) is 4.90 Å². The van der Waals surface area contributed by atoms with E-state index < -0.39 is 0 Å². The fourth-order valence-corrected chi connectivity index (χ4v) is 1.13. The summed E-state index contributed by atoms with van der Waals surface area (Å²) in [5.41, 5.74) is 0.778. The van der Waals surface area contributed by atoms with Crippen molar-refractivity contribution in [2.24, 2.45) is 5.41 Å². The molecule has 1 heterocycles. The zero-order chi connectivity index (χ0) is 12.1. The van der Waals surface area contributed by atoms with E-state index in [0.29, 0.717) is 5.41 Å². The second kappa shape index (κ2) is 5.86. The molecule has 2 nitrogen and oxygen atoms in total. The normalized spacial score (nSPS) is 19.4. The molecule has 0 saturated carbocycles. The fourth-order valence-electron chi connectivity index (χ4n) is 1.13. The van der Waals surface area contributed by atoms with Crippen LogP contribution in [-0.4, -0.2) is 30.3 Å². The van der Waals surface area contributed by atoms with Crippen LogP contribution in [0.5, 0.6) is 0 Å². The van der Waals surface area contributed by atoms with Gasteiger partial charge in [-0.1, -0.05) is 27.7 Å². The van der Waals surface area contributed by atoms with Crippen LogP contribution in [0.3, 0.4) is 0 Å². The minimum absolute atomic E-state index is 0.278. The van der Waals surface area contributed by atoms with Crippen LogP contribution < -0.4 is 0 Å². The highest BCUT2D eigenvalue weighted by Crippen LogP contribution is 2.15. The molecule has 0 radical (unpaired) electrons. The van der Waals surface area contributed by atoms with Crippen molar-refractivity contribution in [3.05, 3.63) is 0 Å². The van der Waals surface area contributed by atoms with Crippen LogP contribution >= 0.6 is 0 Å². The molecule has 1 aliphatic rings. The quantitative estimate of drug-likeness (QED) is 0.613. The van der Waals surface area contributed by atoms with E-state index in [1.165, 1.54) is 13.0 Å². The summed E-state index contributed by atoms with van der Waals surface area (Å²) in [5, 5.41) is 0. The molecule has 0 aromatic heterocycles. The maximum atomic E-state index is 5.33. The number of nitrogens with zero attached hydrogens (tertiary/aromatic N) is 1. The van der Waals surface area contributed by atoms with Gasteiger partial charge in [0.1, 0.15) is 0 Å².